The van der Waals surface area contributed by atoms with Crippen LogP contribution in [0.25, 0.3) is 5.69 Å². The van der Waals surface area contributed by atoms with Crippen LogP contribution in [0, 0.1) is 6.92 Å². The number of nitrogens with one attached hydrogen (secondary N) is 1. The molecular formula is C23H23N3O6. The Hall–Kier alpha value is -4.14. The number of anilines is 1. The molecule has 0 aliphatic heterocycles. The zero-order valence-electron chi connectivity index (χ0n) is 17.7. The second-order valence-corrected chi connectivity index (χ2v) is 6.69. The minimum Gasteiger partial charge on any atom is -0.482 e. The van der Waals surface area contributed by atoms with Crippen LogP contribution in [-0.4, -0.2) is 47.4 Å². The highest BCUT2D eigenvalue weighted by atomic mass is 16.6. The summed E-state index contributed by atoms with van der Waals surface area (Å²) >= 11 is 0. The van der Waals surface area contributed by atoms with Crippen molar-refractivity contribution in [1.29, 1.82) is 0 Å². The number of rotatable bonds is 9. The van der Waals surface area contributed by atoms with Gasteiger partial charge in [0.25, 0.3) is 5.91 Å². The summed E-state index contributed by atoms with van der Waals surface area (Å²) in [5.41, 5.74) is 1.70. The van der Waals surface area contributed by atoms with Crippen molar-refractivity contribution < 1.29 is 28.6 Å². The van der Waals surface area contributed by atoms with Gasteiger partial charge in [0, 0.05) is 0 Å². The fourth-order valence-electron chi connectivity index (χ4n) is 2.80. The van der Waals surface area contributed by atoms with Gasteiger partial charge in [0.05, 0.1) is 18.5 Å². The highest BCUT2D eigenvalue weighted by Gasteiger charge is 2.22. The van der Waals surface area contributed by atoms with Gasteiger partial charge in [0.15, 0.2) is 19.0 Å². The third kappa shape index (κ3) is 5.94. The van der Waals surface area contributed by atoms with E-state index in [0.29, 0.717) is 11.4 Å². The highest BCUT2D eigenvalue weighted by molar-refractivity contribution is 6.01. The Morgan fingerprint density at radius 1 is 1.00 bits per heavy atom. The molecule has 1 heterocycles. The van der Waals surface area contributed by atoms with Crippen molar-refractivity contribution in [3.8, 4) is 11.4 Å². The molecular weight excluding hydrogens is 414 g/mol. The largest absolute Gasteiger partial charge is 0.482 e. The number of carbonyl (C=O) groups is 3. The molecule has 1 aromatic heterocycles. The number of para-hydroxylation sites is 1. The highest BCUT2D eigenvalue weighted by Crippen LogP contribution is 2.21. The molecule has 9 heteroatoms. The summed E-state index contributed by atoms with van der Waals surface area (Å²) < 4.78 is 16.8. The van der Waals surface area contributed by atoms with Gasteiger partial charge in [-0.2, -0.15) is 5.10 Å². The van der Waals surface area contributed by atoms with E-state index in [2.05, 4.69) is 10.4 Å². The van der Waals surface area contributed by atoms with E-state index in [0.717, 1.165) is 5.56 Å². The Balaban J connectivity index is 1.63. The van der Waals surface area contributed by atoms with Crippen LogP contribution in [0.4, 0.5) is 5.82 Å². The zero-order chi connectivity index (χ0) is 22.9. The maximum absolute atomic E-state index is 12.4. The van der Waals surface area contributed by atoms with E-state index in [1.54, 1.807) is 49.4 Å². The smallest absolute Gasteiger partial charge is 0.344 e. The van der Waals surface area contributed by atoms with Gasteiger partial charge in [-0.3, -0.25) is 4.79 Å². The molecule has 0 bridgehead atoms. The fraction of sp³-hybridized carbons (Fsp3) is 0.217. The number of hydrogen-bond donors (Lipinski definition) is 1. The van der Waals surface area contributed by atoms with Crippen molar-refractivity contribution in [2.75, 3.05) is 25.1 Å². The van der Waals surface area contributed by atoms with E-state index in [1.807, 2.05) is 19.1 Å². The van der Waals surface area contributed by atoms with Crippen molar-refractivity contribution in [3.63, 3.8) is 0 Å². The quantitative estimate of drug-likeness (QED) is 0.513. The number of amides is 1. The molecule has 166 valence electrons. The first kappa shape index (κ1) is 22.5. The van der Waals surface area contributed by atoms with Crippen molar-refractivity contribution in [1.82, 2.24) is 9.78 Å². The molecule has 0 aliphatic carbocycles. The van der Waals surface area contributed by atoms with Gasteiger partial charge in [0.2, 0.25) is 0 Å². The molecule has 1 amide bonds. The summed E-state index contributed by atoms with van der Waals surface area (Å²) in [7, 11) is 0. The van der Waals surface area contributed by atoms with E-state index in [-0.39, 0.29) is 24.6 Å². The molecule has 3 aromatic rings. The van der Waals surface area contributed by atoms with Crippen molar-refractivity contribution in [2.24, 2.45) is 0 Å². The van der Waals surface area contributed by atoms with E-state index < -0.39 is 24.5 Å². The standard InChI is InChI=1S/C23H23N3O6/c1-3-30-23(29)19-13-24-26(17-9-5-4-6-10-17)22(19)25-20(27)14-32-21(28)15-31-18-11-7-8-16(2)12-18/h4-13H,3,14-15H2,1-2H3,(H,25,27). The Labute approximate surface area is 184 Å². The SMILES string of the molecule is CCOC(=O)c1cnn(-c2ccccc2)c1NC(=O)COC(=O)COc1cccc(C)c1. The Kier molecular flexibility index (Phi) is 7.58. The zero-order valence-corrected chi connectivity index (χ0v) is 17.7. The summed E-state index contributed by atoms with van der Waals surface area (Å²) in [6, 6.07) is 16.2. The van der Waals surface area contributed by atoms with Crippen molar-refractivity contribution in [2.45, 2.75) is 13.8 Å². The number of benzene rings is 2. The molecule has 0 atom stereocenters. The summed E-state index contributed by atoms with van der Waals surface area (Å²) in [5.74, 6) is -1.33. The van der Waals surface area contributed by atoms with Gasteiger partial charge in [0.1, 0.15) is 11.3 Å². The number of carbonyl (C=O) groups excluding carboxylic acids is 3. The Bertz CT molecular complexity index is 1090. The number of hydrogen-bond acceptors (Lipinski definition) is 7. The maximum Gasteiger partial charge on any atom is 0.344 e. The molecule has 32 heavy (non-hydrogen) atoms. The topological polar surface area (TPSA) is 109 Å². The van der Waals surface area contributed by atoms with Gasteiger partial charge >= 0.3 is 11.9 Å². The first-order valence-corrected chi connectivity index (χ1v) is 9.93. The van der Waals surface area contributed by atoms with Gasteiger partial charge in [-0.1, -0.05) is 30.3 Å². The second-order valence-electron chi connectivity index (χ2n) is 6.69. The lowest BCUT2D eigenvalue weighted by molar-refractivity contribution is -0.149. The lowest BCUT2D eigenvalue weighted by atomic mass is 10.2. The van der Waals surface area contributed by atoms with E-state index in [9.17, 15) is 14.4 Å². The predicted octanol–water partition coefficient (Wildman–Crippen LogP) is 2.92. The summed E-state index contributed by atoms with van der Waals surface area (Å²) in [6.07, 6.45) is 1.31. The van der Waals surface area contributed by atoms with Gasteiger partial charge < -0.3 is 19.5 Å². The van der Waals surface area contributed by atoms with Crippen LogP contribution in [-0.2, 0) is 19.1 Å². The first-order chi connectivity index (χ1) is 15.5. The number of aromatic nitrogens is 2. The third-order valence-corrected chi connectivity index (χ3v) is 4.23. The third-order valence-electron chi connectivity index (χ3n) is 4.23. The Morgan fingerprint density at radius 2 is 1.78 bits per heavy atom. The summed E-state index contributed by atoms with van der Waals surface area (Å²) in [6.45, 7) is 2.85. The average molecular weight is 437 g/mol. The van der Waals surface area contributed by atoms with E-state index >= 15 is 0 Å². The number of esters is 2. The fourth-order valence-corrected chi connectivity index (χ4v) is 2.80. The Morgan fingerprint density at radius 3 is 2.50 bits per heavy atom. The van der Waals surface area contributed by atoms with Crippen LogP contribution >= 0.6 is 0 Å². The molecule has 1 N–H and O–H groups in total. The minimum atomic E-state index is -0.705. The minimum absolute atomic E-state index is 0.0816. The molecule has 0 aliphatic rings. The van der Waals surface area contributed by atoms with Crippen molar-refractivity contribution >= 4 is 23.7 Å². The van der Waals surface area contributed by atoms with Crippen LogP contribution in [0.5, 0.6) is 5.75 Å². The average Bonchev–Trinajstić information content (AvgIpc) is 3.20. The van der Waals surface area contributed by atoms with Crippen LogP contribution in [0.3, 0.4) is 0 Å². The van der Waals surface area contributed by atoms with Crippen LogP contribution in [0.1, 0.15) is 22.8 Å². The maximum atomic E-state index is 12.4. The van der Waals surface area contributed by atoms with Crippen molar-refractivity contribution in [3.05, 3.63) is 71.9 Å². The van der Waals surface area contributed by atoms with Crippen LogP contribution < -0.4 is 10.1 Å². The summed E-state index contributed by atoms with van der Waals surface area (Å²) in [5, 5.41) is 6.76. The van der Waals surface area contributed by atoms with Crippen LogP contribution in [0.2, 0.25) is 0 Å². The van der Waals surface area contributed by atoms with E-state index in [1.165, 1.54) is 10.9 Å². The molecule has 0 unspecified atom stereocenters. The van der Waals surface area contributed by atoms with Gasteiger partial charge in [-0.25, -0.2) is 14.3 Å². The predicted molar refractivity (Wildman–Crippen MR) is 116 cm³/mol. The van der Waals surface area contributed by atoms with Gasteiger partial charge in [-0.05, 0) is 43.7 Å². The van der Waals surface area contributed by atoms with Crippen LogP contribution in [0.15, 0.2) is 60.8 Å². The van der Waals surface area contributed by atoms with Gasteiger partial charge in [-0.15, -0.1) is 0 Å². The molecule has 3 rings (SSSR count). The van der Waals surface area contributed by atoms with E-state index in [4.69, 9.17) is 14.2 Å². The second kappa shape index (κ2) is 10.8. The molecule has 2 aromatic carbocycles. The monoisotopic (exact) mass is 437 g/mol. The molecule has 0 spiro atoms. The molecule has 0 fully saturated rings. The number of ether oxygens (including phenoxy) is 3. The lowest BCUT2D eigenvalue weighted by Gasteiger charge is -2.11. The first-order valence-electron chi connectivity index (χ1n) is 9.93. The number of nitrogens with zero attached hydrogens (tertiary/aromatic N) is 2. The molecule has 0 saturated carbocycles. The molecule has 0 saturated heterocycles. The lowest BCUT2D eigenvalue weighted by Crippen LogP contribution is -2.25. The molecule has 0 radical (unpaired) electrons. The number of aryl methyl sites for hydroxylation is 1. The molecule has 9 nitrogen and oxygen atoms in total. The normalized spacial score (nSPS) is 10.3. The summed E-state index contributed by atoms with van der Waals surface area (Å²) in [4.78, 5) is 36.6.